The van der Waals surface area contributed by atoms with Gasteiger partial charge in [0.25, 0.3) is 0 Å². The van der Waals surface area contributed by atoms with Gasteiger partial charge >= 0.3 is 0 Å². The third-order valence-electron chi connectivity index (χ3n) is 3.47. The van der Waals surface area contributed by atoms with Crippen molar-refractivity contribution in [2.45, 2.75) is 5.16 Å². The maximum atomic E-state index is 12.3. The van der Waals surface area contributed by atoms with Gasteiger partial charge in [0.05, 0.1) is 23.9 Å². The Kier molecular flexibility index (Phi) is 4.15. The lowest BCUT2D eigenvalue weighted by Gasteiger charge is -2.04. The van der Waals surface area contributed by atoms with Crippen molar-refractivity contribution in [1.29, 1.82) is 0 Å². The van der Waals surface area contributed by atoms with Gasteiger partial charge in [-0.25, -0.2) is 4.98 Å². The SMILES string of the molecule is COc1cccc(C(=O)CSc2nc3ccccc3n2C)c1. The predicted molar refractivity (Wildman–Crippen MR) is 88.8 cm³/mol. The number of hydrogen-bond donors (Lipinski definition) is 0. The number of rotatable bonds is 5. The van der Waals surface area contributed by atoms with Gasteiger partial charge in [0.2, 0.25) is 0 Å². The molecule has 0 fully saturated rings. The molecule has 5 heteroatoms. The van der Waals surface area contributed by atoms with Crippen molar-refractivity contribution in [2.75, 3.05) is 12.9 Å². The first kappa shape index (κ1) is 14.7. The largest absolute Gasteiger partial charge is 0.497 e. The number of hydrogen-bond acceptors (Lipinski definition) is 4. The molecule has 0 bridgehead atoms. The van der Waals surface area contributed by atoms with E-state index in [1.165, 1.54) is 11.8 Å². The minimum Gasteiger partial charge on any atom is -0.497 e. The number of aromatic nitrogens is 2. The van der Waals surface area contributed by atoms with E-state index in [4.69, 9.17) is 4.74 Å². The van der Waals surface area contributed by atoms with E-state index >= 15 is 0 Å². The van der Waals surface area contributed by atoms with Crippen molar-refractivity contribution in [1.82, 2.24) is 9.55 Å². The summed E-state index contributed by atoms with van der Waals surface area (Å²) < 4.78 is 7.16. The van der Waals surface area contributed by atoms with Gasteiger partial charge in [-0.2, -0.15) is 0 Å². The molecule has 0 atom stereocenters. The molecular weight excluding hydrogens is 296 g/mol. The van der Waals surface area contributed by atoms with Crippen LogP contribution in [0.15, 0.2) is 53.7 Å². The maximum Gasteiger partial charge on any atom is 0.173 e. The first-order chi connectivity index (χ1) is 10.7. The summed E-state index contributed by atoms with van der Waals surface area (Å²) in [7, 11) is 3.56. The van der Waals surface area contributed by atoms with Crippen LogP contribution in [-0.2, 0) is 7.05 Å². The number of methoxy groups -OCH3 is 1. The lowest BCUT2D eigenvalue weighted by molar-refractivity contribution is 0.102. The number of carbonyl (C=O) groups is 1. The second-order valence-corrected chi connectivity index (χ2v) is 5.83. The number of imidazole rings is 1. The number of ketones is 1. The Morgan fingerprint density at radius 1 is 1.23 bits per heavy atom. The molecule has 3 aromatic rings. The average molecular weight is 312 g/mol. The molecular formula is C17H16N2O2S. The topological polar surface area (TPSA) is 44.1 Å². The molecule has 0 saturated heterocycles. The molecule has 0 radical (unpaired) electrons. The predicted octanol–water partition coefficient (Wildman–Crippen LogP) is 3.56. The molecule has 0 unspecified atom stereocenters. The van der Waals surface area contributed by atoms with Crippen LogP contribution in [0, 0.1) is 0 Å². The fourth-order valence-electron chi connectivity index (χ4n) is 2.26. The van der Waals surface area contributed by atoms with Crippen molar-refractivity contribution >= 4 is 28.6 Å². The average Bonchev–Trinajstić information content (AvgIpc) is 2.89. The highest BCUT2D eigenvalue weighted by molar-refractivity contribution is 7.99. The van der Waals surface area contributed by atoms with Crippen LogP contribution < -0.4 is 4.74 Å². The number of ether oxygens (including phenoxy) is 1. The molecule has 0 saturated carbocycles. The molecule has 0 N–H and O–H groups in total. The molecule has 0 aliphatic rings. The maximum absolute atomic E-state index is 12.3. The Morgan fingerprint density at radius 3 is 2.82 bits per heavy atom. The third-order valence-corrected chi connectivity index (χ3v) is 4.50. The highest BCUT2D eigenvalue weighted by Gasteiger charge is 2.12. The van der Waals surface area contributed by atoms with E-state index in [1.54, 1.807) is 19.2 Å². The zero-order valence-corrected chi connectivity index (χ0v) is 13.3. The Hall–Kier alpha value is -2.27. The minimum absolute atomic E-state index is 0.0657. The number of nitrogens with zero attached hydrogens (tertiary/aromatic N) is 2. The molecule has 22 heavy (non-hydrogen) atoms. The van der Waals surface area contributed by atoms with Crippen molar-refractivity contribution in [3.63, 3.8) is 0 Å². The lowest BCUT2D eigenvalue weighted by Crippen LogP contribution is -2.04. The summed E-state index contributed by atoms with van der Waals surface area (Å²) in [6.45, 7) is 0. The van der Waals surface area contributed by atoms with Crippen molar-refractivity contribution in [3.8, 4) is 5.75 Å². The molecule has 112 valence electrons. The Labute approximate surface area is 133 Å². The van der Waals surface area contributed by atoms with Crippen LogP contribution >= 0.6 is 11.8 Å². The van der Waals surface area contributed by atoms with Crippen molar-refractivity contribution in [2.24, 2.45) is 7.05 Å². The monoisotopic (exact) mass is 312 g/mol. The molecule has 0 aliphatic heterocycles. The van der Waals surface area contributed by atoms with Crippen LogP contribution in [0.25, 0.3) is 11.0 Å². The van der Waals surface area contributed by atoms with E-state index in [1.807, 2.05) is 48.0 Å². The van der Waals surface area contributed by atoms with Crippen LogP contribution in [0.4, 0.5) is 0 Å². The first-order valence-electron chi connectivity index (χ1n) is 6.90. The van der Waals surface area contributed by atoms with E-state index in [0.717, 1.165) is 16.2 Å². The molecule has 2 aromatic carbocycles. The Balaban J connectivity index is 1.75. The Morgan fingerprint density at radius 2 is 2.05 bits per heavy atom. The van der Waals surface area contributed by atoms with E-state index in [2.05, 4.69) is 4.98 Å². The summed E-state index contributed by atoms with van der Waals surface area (Å²) in [5.41, 5.74) is 2.67. The molecule has 0 spiro atoms. The van der Waals surface area contributed by atoms with Crippen molar-refractivity contribution in [3.05, 3.63) is 54.1 Å². The summed E-state index contributed by atoms with van der Waals surface area (Å²) >= 11 is 1.45. The number of benzene rings is 2. The number of fused-ring (bicyclic) bond motifs is 1. The van der Waals surface area contributed by atoms with Gasteiger partial charge in [-0.3, -0.25) is 4.79 Å². The molecule has 3 rings (SSSR count). The van der Waals surface area contributed by atoms with E-state index in [0.29, 0.717) is 17.1 Å². The standard InChI is InChI=1S/C17H16N2O2S/c1-19-15-9-4-3-8-14(15)18-17(19)22-11-16(20)12-6-5-7-13(10-12)21-2/h3-10H,11H2,1-2H3. The minimum atomic E-state index is 0.0657. The number of carbonyl (C=O) groups excluding carboxylic acids is 1. The summed E-state index contributed by atoms with van der Waals surface area (Å²) in [6, 6.07) is 15.2. The normalized spacial score (nSPS) is 10.8. The number of thioether (sulfide) groups is 1. The summed E-state index contributed by atoms with van der Waals surface area (Å²) in [5.74, 6) is 1.11. The first-order valence-corrected chi connectivity index (χ1v) is 7.89. The second kappa shape index (κ2) is 6.23. The fraction of sp³-hybridized carbons (Fsp3) is 0.176. The molecule has 0 amide bonds. The third kappa shape index (κ3) is 2.85. The summed E-state index contributed by atoms with van der Waals surface area (Å²) in [5, 5.41) is 0.845. The van der Waals surface area contributed by atoms with E-state index in [9.17, 15) is 4.79 Å². The van der Waals surface area contributed by atoms with Crippen LogP contribution in [-0.4, -0.2) is 28.2 Å². The molecule has 0 aliphatic carbocycles. The zero-order chi connectivity index (χ0) is 15.5. The summed E-state index contributed by atoms with van der Waals surface area (Å²) in [4.78, 5) is 16.9. The lowest BCUT2D eigenvalue weighted by atomic mass is 10.1. The zero-order valence-electron chi connectivity index (χ0n) is 12.4. The van der Waals surface area contributed by atoms with Crippen molar-refractivity contribution < 1.29 is 9.53 Å². The highest BCUT2D eigenvalue weighted by Crippen LogP contribution is 2.24. The highest BCUT2D eigenvalue weighted by atomic mass is 32.2. The van der Waals surface area contributed by atoms with Gasteiger partial charge in [0.15, 0.2) is 10.9 Å². The van der Waals surface area contributed by atoms with Gasteiger partial charge in [0, 0.05) is 12.6 Å². The van der Waals surface area contributed by atoms with E-state index in [-0.39, 0.29) is 5.78 Å². The van der Waals surface area contributed by atoms with Crippen LogP contribution in [0.3, 0.4) is 0 Å². The summed E-state index contributed by atoms with van der Waals surface area (Å²) in [6.07, 6.45) is 0. The number of aryl methyl sites for hydroxylation is 1. The Bertz CT molecular complexity index is 826. The number of Topliss-reactive ketones (excluding diaryl/α,β-unsaturated/α-hetero) is 1. The quantitative estimate of drug-likeness (QED) is 0.534. The molecule has 1 heterocycles. The van der Waals surface area contributed by atoms with Gasteiger partial charge < -0.3 is 9.30 Å². The molecule has 1 aromatic heterocycles. The smallest absolute Gasteiger partial charge is 0.173 e. The van der Waals surface area contributed by atoms with Crippen LogP contribution in [0.2, 0.25) is 0 Å². The van der Waals surface area contributed by atoms with Crippen LogP contribution in [0.1, 0.15) is 10.4 Å². The van der Waals surface area contributed by atoms with Gasteiger partial charge in [-0.1, -0.05) is 36.0 Å². The fourth-order valence-corrected chi connectivity index (χ4v) is 3.14. The van der Waals surface area contributed by atoms with Crippen LogP contribution in [0.5, 0.6) is 5.75 Å². The van der Waals surface area contributed by atoms with E-state index < -0.39 is 0 Å². The molecule has 4 nitrogen and oxygen atoms in total. The van der Waals surface area contributed by atoms with Gasteiger partial charge in [0.1, 0.15) is 5.75 Å². The second-order valence-electron chi connectivity index (χ2n) is 4.89. The van der Waals surface area contributed by atoms with Gasteiger partial charge in [-0.05, 0) is 24.3 Å². The van der Waals surface area contributed by atoms with Gasteiger partial charge in [-0.15, -0.1) is 0 Å². The number of para-hydroxylation sites is 2.